The SMILES string of the molecule is CCCCC(CC)COP(=O)(CCC(CC)CCC)OCC(CC)CCCC. The van der Waals surface area contributed by atoms with Crippen LogP contribution in [-0.4, -0.2) is 19.4 Å². The van der Waals surface area contributed by atoms with Crippen LogP contribution in [0.5, 0.6) is 0 Å². The van der Waals surface area contributed by atoms with Gasteiger partial charge >= 0.3 is 7.60 Å². The van der Waals surface area contributed by atoms with E-state index >= 15 is 0 Å². The molecule has 0 rings (SSSR count). The van der Waals surface area contributed by atoms with Gasteiger partial charge in [-0.3, -0.25) is 4.57 Å². The number of hydrogen-bond donors (Lipinski definition) is 0. The van der Waals surface area contributed by atoms with Gasteiger partial charge in [-0.15, -0.1) is 0 Å². The lowest BCUT2D eigenvalue weighted by Gasteiger charge is -2.25. The lowest BCUT2D eigenvalue weighted by molar-refractivity contribution is 0.150. The average Bonchev–Trinajstić information content (AvgIpc) is 2.71. The monoisotopic (exact) mass is 418 g/mol. The number of hydrogen-bond acceptors (Lipinski definition) is 3. The molecule has 0 heterocycles. The zero-order valence-electron chi connectivity index (χ0n) is 20.0. The van der Waals surface area contributed by atoms with Gasteiger partial charge < -0.3 is 9.05 Å². The third kappa shape index (κ3) is 13.4. The average molecular weight is 419 g/mol. The van der Waals surface area contributed by atoms with Crippen LogP contribution in [0.25, 0.3) is 0 Å². The Morgan fingerprint density at radius 3 is 1.43 bits per heavy atom. The van der Waals surface area contributed by atoms with E-state index in [9.17, 15) is 4.57 Å². The van der Waals surface area contributed by atoms with Gasteiger partial charge in [-0.25, -0.2) is 0 Å². The maximum atomic E-state index is 13.6. The topological polar surface area (TPSA) is 35.5 Å². The van der Waals surface area contributed by atoms with Crippen molar-refractivity contribution < 1.29 is 13.6 Å². The molecule has 0 aliphatic rings. The molecular weight excluding hydrogens is 367 g/mol. The Labute approximate surface area is 177 Å². The molecule has 0 spiro atoms. The minimum atomic E-state index is -3.01. The van der Waals surface area contributed by atoms with E-state index in [2.05, 4.69) is 41.5 Å². The highest BCUT2D eigenvalue weighted by Gasteiger charge is 2.28. The molecule has 0 N–H and O–H groups in total. The second kappa shape index (κ2) is 18.0. The summed E-state index contributed by atoms with van der Waals surface area (Å²) in [6.07, 6.45) is 14.4. The third-order valence-electron chi connectivity index (χ3n) is 6.19. The van der Waals surface area contributed by atoms with Crippen molar-refractivity contribution in [3.05, 3.63) is 0 Å². The minimum Gasteiger partial charge on any atom is -0.308 e. The molecule has 0 amide bonds. The Hall–Kier alpha value is 0.150. The predicted octanol–water partition coefficient (Wildman–Crippen LogP) is 8.86. The summed E-state index contributed by atoms with van der Waals surface area (Å²) in [5.41, 5.74) is 0. The van der Waals surface area contributed by atoms with Gasteiger partial charge in [0.1, 0.15) is 0 Å². The molecule has 3 atom stereocenters. The van der Waals surface area contributed by atoms with Gasteiger partial charge in [-0.1, -0.05) is 99.3 Å². The summed E-state index contributed by atoms with van der Waals surface area (Å²) >= 11 is 0. The standard InChI is InChI=1S/C24H51O3P/c1-7-13-16-23(11-5)20-26-28(25,19-18-22(10-4)15-9-3)27-21-24(12-6)17-14-8-2/h22-24H,7-21H2,1-6H3. The molecule has 0 saturated heterocycles. The van der Waals surface area contributed by atoms with Gasteiger partial charge in [0.15, 0.2) is 0 Å². The maximum Gasteiger partial charge on any atom is 0.330 e. The summed E-state index contributed by atoms with van der Waals surface area (Å²) in [5, 5.41) is 0. The van der Waals surface area contributed by atoms with E-state index in [-0.39, 0.29) is 0 Å². The van der Waals surface area contributed by atoms with Crippen molar-refractivity contribution in [1.29, 1.82) is 0 Å². The fraction of sp³-hybridized carbons (Fsp3) is 1.00. The van der Waals surface area contributed by atoms with E-state index in [1.54, 1.807) is 0 Å². The summed E-state index contributed by atoms with van der Waals surface area (Å²) in [6.45, 7) is 14.5. The molecule has 0 aromatic heterocycles. The Morgan fingerprint density at radius 2 is 1.07 bits per heavy atom. The van der Waals surface area contributed by atoms with Crippen LogP contribution in [0.4, 0.5) is 0 Å². The van der Waals surface area contributed by atoms with Crippen LogP contribution in [0.1, 0.15) is 119 Å². The van der Waals surface area contributed by atoms with Crippen molar-refractivity contribution in [1.82, 2.24) is 0 Å². The van der Waals surface area contributed by atoms with Gasteiger partial charge in [0.2, 0.25) is 0 Å². The second-order valence-corrected chi connectivity index (χ2v) is 10.8. The summed E-state index contributed by atoms with van der Waals surface area (Å²) < 4.78 is 25.8. The van der Waals surface area contributed by atoms with Crippen molar-refractivity contribution in [2.24, 2.45) is 17.8 Å². The molecule has 3 unspecified atom stereocenters. The van der Waals surface area contributed by atoms with Crippen LogP contribution in [0.3, 0.4) is 0 Å². The van der Waals surface area contributed by atoms with Crippen molar-refractivity contribution in [3.63, 3.8) is 0 Å². The Bertz CT molecular complexity index is 362. The maximum absolute atomic E-state index is 13.6. The van der Waals surface area contributed by atoms with Crippen LogP contribution in [0, 0.1) is 17.8 Å². The van der Waals surface area contributed by atoms with E-state index in [1.807, 2.05) is 0 Å². The number of rotatable bonds is 20. The molecule has 0 aliphatic heterocycles. The summed E-state index contributed by atoms with van der Waals surface area (Å²) in [5.74, 6) is 1.63. The van der Waals surface area contributed by atoms with Gasteiger partial charge in [0.25, 0.3) is 0 Å². The summed E-state index contributed by atoms with van der Waals surface area (Å²) in [7, 11) is -3.01. The predicted molar refractivity (Wildman–Crippen MR) is 124 cm³/mol. The fourth-order valence-corrected chi connectivity index (χ4v) is 5.59. The van der Waals surface area contributed by atoms with Gasteiger partial charge in [-0.2, -0.15) is 0 Å². The van der Waals surface area contributed by atoms with Crippen LogP contribution in [-0.2, 0) is 13.6 Å². The van der Waals surface area contributed by atoms with Gasteiger partial charge in [0, 0.05) is 0 Å². The molecule has 0 aromatic carbocycles. The zero-order valence-corrected chi connectivity index (χ0v) is 20.9. The first kappa shape index (κ1) is 28.1. The smallest absolute Gasteiger partial charge is 0.308 e. The molecule has 28 heavy (non-hydrogen) atoms. The third-order valence-corrected chi connectivity index (χ3v) is 8.08. The molecule has 0 fully saturated rings. The summed E-state index contributed by atoms with van der Waals surface area (Å²) in [6, 6.07) is 0. The molecule has 0 aromatic rings. The van der Waals surface area contributed by atoms with E-state index in [4.69, 9.17) is 9.05 Å². The first-order valence-electron chi connectivity index (χ1n) is 12.4. The van der Waals surface area contributed by atoms with Crippen LogP contribution in [0.15, 0.2) is 0 Å². The first-order valence-corrected chi connectivity index (χ1v) is 14.1. The van der Waals surface area contributed by atoms with Crippen LogP contribution in [0.2, 0.25) is 0 Å². The highest BCUT2D eigenvalue weighted by Crippen LogP contribution is 2.51. The first-order chi connectivity index (χ1) is 13.5. The summed E-state index contributed by atoms with van der Waals surface area (Å²) in [4.78, 5) is 0. The van der Waals surface area contributed by atoms with E-state index < -0.39 is 7.60 Å². The second-order valence-electron chi connectivity index (χ2n) is 8.61. The Morgan fingerprint density at radius 1 is 0.607 bits per heavy atom. The highest BCUT2D eigenvalue weighted by atomic mass is 31.2. The quantitative estimate of drug-likeness (QED) is 0.185. The minimum absolute atomic E-state index is 0.497. The lowest BCUT2D eigenvalue weighted by atomic mass is 9.98. The highest BCUT2D eigenvalue weighted by molar-refractivity contribution is 7.53. The fourth-order valence-electron chi connectivity index (χ4n) is 3.70. The van der Waals surface area contributed by atoms with E-state index in [0.717, 1.165) is 38.5 Å². The zero-order chi connectivity index (χ0) is 21.3. The van der Waals surface area contributed by atoms with Crippen molar-refractivity contribution in [2.45, 2.75) is 119 Å². The molecule has 0 saturated carbocycles. The van der Waals surface area contributed by atoms with Crippen LogP contribution >= 0.6 is 7.60 Å². The van der Waals surface area contributed by atoms with Gasteiger partial charge in [-0.05, 0) is 37.0 Å². The molecule has 3 nitrogen and oxygen atoms in total. The Kier molecular flexibility index (Phi) is 18.1. The molecule has 0 aliphatic carbocycles. The van der Waals surface area contributed by atoms with Crippen molar-refractivity contribution in [3.8, 4) is 0 Å². The normalized spacial score (nSPS) is 17.2. The molecule has 0 bridgehead atoms. The number of unbranched alkanes of at least 4 members (excludes halogenated alkanes) is 2. The largest absolute Gasteiger partial charge is 0.330 e. The molecular formula is C24H51O3P. The van der Waals surface area contributed by atoms with Crippen LogP contribution < -0.4 is 0 Å². The molecule has 170 valence electrons. The molecule has 0 radical (unpaired) electrons. The Balaban J connectivity index is 4.88. The van der Waals surface area contributed by atoms with Gasteiger partial charge in [0.05, 0.1) is 19.4 Å². The van der Waals surface area contributed by atoms with E-state index in [1.165, 1.54) is 38.5 Å². The van der Waals surface area contributed by atoms with Crippen molar-refractivity contribution >= 4 is 7.60 Å². The van der Waals surface area contributed by atoms with E-state index in [0.29, 0.717) is 37.1 Å². The lowest BCUT2D eigenvalue weighted by Crippen LogP contribution is -2.14. The van der Waals surface area contributed by atoms with Crippen molar-refractivity contribution in [2.75, 3.05) is 19.4 Å². The molecule has 4 heteroatoms.